The maximum Gasteiger partial charge on any atom is 0.332 e. The second-order valence-electron chi connectivity index (χ2n) is 9.95. The quantitative estimate of drug-likeness (QED) is 0.425. The van der Waals surface area contributed by atoms with E-state index in [1.54, 1.807) is 6.08 Å². The molecule has 1 aromatic rings. The molecule has 3 heterocycles. The summed E-state index contributed by atoms with van der Waals surface area (Å²) in [6, 6.07) is 3.85. The molecule has 2 bridgehead atoms. The highest BCUT2D eigenvalue weighted by molar-refractivity contribution is 7.41. The minimum atomic E-state index is -1.20. The fraction of sp³-hybridized carbons (Fsp3) is 0.591. The molecule has 7 heteroatoms. The van der Waals surface area contributed by atoms with Gasteiger partial charge in [-0.15, -0.1) is 0 Å². The van der Waals surface area contributed by atoms with Crippen LogP contribution in [0.3, 0.4) is 0 Å². The second kappa shape index (κ2) is 7.99. The van der Waals surface area contributed by atoms with E-state index in [4.69, 9.17) is 18.3 Å². The summed E-state index contributed by atoms with van der Waals surface area (Å²) in [6.45, 7) is 14.0. The summed E-state index contributed by atoms with van der Waals surface area (Å²) in [7, 11) is -1.20. The van der Waals surface area contributed by atoms with Crippen LogP contribution < -0.4 is 0 Å². The van der Waals surface area contributed by atoms with Gasteiger partial charge in [-0.1, -0.05) is 41.5 Å². The Balaban J connectivity index is 1.74. The molecular formula is C22H31O6P. The van der Waals surface area contributed by atoms with Gasteiger partial charge in [0.2, 0.25) is 0 Å². The number of carbonyl (C=O) groups excluding carboxylic acids is 1. The van der Waals surface area contributed by atoms with Crippen molar-refractivity contribution in [2.45, 2.75) is 52.4 Å². The number of hydrogen-bond donors (Lipinski definition) is 1. The van der Waals surface area contributed by atoms with Gasteiger partial charge in [-0.25, -0.2) is 4.79 Å². The molecule has 1 aromatic carbocycles. The van der Waals surface area contributed by atoms with E-state index in [9.17, 15) is 9.90 Å². The summed E-state index contributed by atoms with van der Waals surface area (Å²) in [4.78, 5) is 12.3. The maximum absolute atomic E-state index is 12.3. The molecule has 6 nitrogen and oxygen atoms in total. The van der Waals surface area contributed by atoms with Crippen molar-refractivity contribution in [3.05, 3.63) is 34.9 Å². The van der Waals surface area contributed by atoms with Crippen LogP contribution in [0.5, 0.6) is 5.75 Å². The van der Waals surface area contributed by atoms with Crippen molar-refractivity contribution in [3.8, 4) is 5.75 Å². The molecule has 0 atom stereocenters. The van der Waals surface area contributed by atoms with Crippen LogP contribution >= 0.6 is 8.60 Å². The number of phenolic OH excluding ortho intramolecular Hbond substituents is 1. The van der Waals surface area contributed by atoms with E-state index >= 15 is 0 Å². The molecule has 0 spiro atoms. The predicted octanol–water partition coefficient (Wildman–Crippen LogP) is 4.83. The van der Waals surface area contributed by atoms with Crippen LogP contribution in [0.1, 0.15) is 58.2 Å². The van der Waals surface area contributed by atoms with E-state index in [1.165, 1.54) is 6.08 Å². The van der Waals surface area contributed by atoms with E-state index in [-0.39, 0.29) is 17.4 Å². The molecule has 3 aliphatic heterocycles. The summed E-state index contributed by atoms with van der Waals surface area (Å²) in [5.74, 6) is -0.112. The number of esters is 1. The lowest BCUT2D eigenvalue weighted by Gasteiger charge is -2.43. The average molecular weight is 422 g/mol. The Labute approximate surface area is 174 Å². The van der Waals surface area contributed by atoms with Crippen LogP contribution in [0, 0.1) is 5.41 Å². The van der Waals surface area contributed by atoms with Gasteiger partial charge < -0.3 is 23.4 Å². The monoisotopic (exact) mass is 422 g/mol. The second-order valence-corrected chi connectivity index (χ2v) is 11.2. The number of carbonyl (C=O) groups is 1. The highest BCUT2D eigenvalue weighted by atomic mass is 31.2. The Morgan fingerprint density at radius 1 is 1.07 bits per heavy atom. The van der Waals surface area contributed by atoms with Gasteiger partial charge in [-0.2, -0.15) is 0 Å². The van der Waals surface area contributed by atoms with Crippen LogP contribution in [0.25, 0.3) is 6.08 Å². The van der Waals surface area contributed by atoms with E-state index in [0.717, 1.165) is 16.7 Å². The number of fused-ring (bicyclic) bond motifs is 3. The Kier molecular flexibility index (Phi) is 6.13. The van der Waals surface area contributed by atoms with E-state index < -0.39 is 20.0 Å². The third-order valence-electron chi connectivity index (χ3n) is 5.11. The molecule has 1 N–H and O–H groups in total. The molecule has 0 aliphatic carbocycles. The first-order valence-electron chi connectivity index (χ1n) is 9.81. The van der Waals surface area contributed by atoms with Gasteiger partial charge >= 0.3 is 14.6 Å². The SMILES string of the molecule is CC(C)(C)c1cc(C=CC(=O)OCC23COP(OC2)OC3)cc(C(C)(C)C)c1O. The number of ether oxygens (including phenoxy) is 1. The van der Waals surface area contributed by atoms with Crippen LogP contribution in [-0.4, -0.2) is 37.5 Å². The molecule has 0 aromatic heterocycles. The first-order valence-corrected chi connectivity index (χ1v) is 10.9. The fourth-order valence-electron chi connectivity index (χ4n) is 3.26. The lowest BCUT2D eigenvalue weighted by molar-refractivity contribution is -0.151. The molecule has 3 fully saturated rings. The third kappa shape index (κ3) is 5.18. The third-order valence-corrected chi connectivity index (χ3v) is 6.13. The van der Waals surface area contributed by atoms with E-state index in [0.29, 0.717) is 25.6 Å². The number of phenols is 1. The van der Waals surface area contributed by atoms with Gasteiger partial charge in [0.1, 0.15) is 12.4 Å². The molecule has 0 amide bonds. The number of benzene rings is 1. The number of rotatable bonds is 4. The van der Waals surface area contributed by atoms with Gasteiger partial charge in [0.05, 0.1) is 25.2 Å². The molecular weight excluding hydrogens is 391 g/mol. The molecule has 160 valence electrons. The Morgan fingerprint density at radius 3 is 2.00 bits per heavy atom. The first-order chi connectivity index (χ1) is 13.4. The topological polar surface area (TPSA) is 74.2 Å². The summed E-state index contributed by atoms with van der Waals surface area (Å²) < 4.78 is 21.7. The van der Waals surface area contributed by atoms with Gasteiger partial charge in [-0.3, -0.25) is 0 Å². The van der Waals surface area contributed by atoms with Crippen molar-refractivity contribution in [2.75, 3.05) is 26.4 Å². The maximum atomic E-state index is 12.3. The average Bonchev–Trinajstić information content (AvgIpc) is 2.65. The van der Waals surface area contributed by atoms with Gasteiger partial charge in [0, 0.05) is 17.2 Å². The lowest BCUT2D eigenvalue weighted by atomic mass is 9.78. The van der Waals surface area contributed by atoms with Gasteiger partial charge in [0.25, 0.3) is 0 Å². The van der Waals surface area contributed by atoms with Crippen molar-refractivity contribution in [1.29, 1.82) is 0 Å². The van der Waals surface area contributed by atoms with Crippen LogP contribution in [0.15, 0.2) is 18.2 Å². The normalized spacial score (nSPS) is 24.8. The molecule has 29 heavy (non-hydrogen) atoms. The smallest absolute Gasteiger partial charge is 0.332 e. The Hall–Kier alpha value is -1.46. The van der Waals surface area contributed by atoms with Crippen molar-refractivity contribution >= 4 is 20.6 Å². The zero-order valence-electron chi connectivity index (χ0n) is 18.1. The highest BCUT2D eigenvalue weighted by Crippen LogP contribution is 2.53. The van der Waals surface area contributed by atoms with Crippen LogP contribution in [-0.2, 0) is 33.9 Å². The Bertz CT molecular complexity index is 746. The zero-order valence-corrected chi connectivity index (χ0v) is 19.0. The van der Waals surface area contributed by atoms with E-state index in [1.807, 2.05) is 12.1 Å². The predicted molar refractivity (Wildman–Crippen MR) is 113 cm³/mol. The van der Waals surface area contributed by atoms with Gasteiger partial charge in [0.15, 0.2) is 0 Å². The van der Waals surface area contributed by atoms with E-state index in [2.05, 4.69) is 41.5 Å². The molecule has 0 unspecified atom stereocenters. The van der Waals surface area contributed by atoms with Crippen molar-refractivity contribution < 1.29 is 28.2 Å². The molecule has 0 saturated carbocycles. The minimum absolute atomic E-state index is 0.190. The van der Waals surface area contributed by atoms with Crippen LogP contribution in [0.4, 0.5) is 0 Å². The van der Waals surface area contributed by atoms with Crippen LogP contribution in [0.2, 0.25) is 0 Å². The summed E-state index contributed by atoms with van der Waals surface area (Å²) in [6.07, 6.45) is 3.15. The first kappa shape index (κ1) is 22.2. The summed E-state index contributed by atoms with van der Waals surface area (Å²) in [5, 5.41) is 10.8. The number of aromatic hydroxyl groups is 1. The fourth-order valence-corrected chi connectivity index (χ4v) is 4.63. The summed E-state index contributed by atoms with van der Waals surface area (Å²) >= 11 is 0. The van der Waals surface area contributed by atoms with Crippen molar-refractivity contribution in [3.63, 3.8) is 0 Å². The standard InChI is InChI=1S/C22H31O6P/c1-20(2,3)16-9-15(10-17(19(16)24)21(4,5)6)7-8-18(23)25-11-22-12-26-29(27-13-22)28-14-22/h7-10,24H,11-14H2,1-6H3. The largest absolute Gasteiger partial charge is 0.507 e. The summed E-state index contributed by atoms with van der Waals surface area (Å²) in [5.41, 5.74) is 1.68. The van der Waals surface area contributed by atoms with Crippen molar-refractivity contribution in [2.24, 2.45) is 5.41 Å². The molecule has 3 saturated heterocycles. The minimum Gasteiger partial charge on any atom is -0.507 e. The lowest BCUT2D eigenvalue weighted by Crippen LogP contribution is -2.47. The molecule has 4 rings (SSSR count). The molecule has 3 aliphatic rings. The highest BCUT2D eigenvalue weighted by Gasteiger charge is 2.45. The van der Waals surface area contributed by atoms with Crippen molar-refractivity contribution in [1.82, 2.24) is 0 Å². The Morgan fingerprint density at radius 2 is 1.55 bits per heavy atom. The van der Waals surface area contributed by atoms with Gasteiger partial charge in [-0.05, 0) is 34.6 Å². The zero-order chi connectivity index (χ0) is 21.4. The number of hydrogen-bond acceptors (Lipinski definition) is 6. The molecule has 0 radical (unpaired) electrons.